The van der Waals surface area contributed by atoms with Gasteiger partial charge in [-0.25, -0.2) is 8.42 Å². The summed E-state index contributed by atoms with van der Waals surface area (Å²) in [6.07, 6.45) is -2.03. The molecule has 1 aliphatic heterocycles. The molecular weight excluding hydrogens is 280 g/mol. The van der Waals surface area contributed by atoms with Gasteiger partial charge in [-0.15, -0.1) is 8.78 Å². The van der Waals surface area contributed by atoms with Gasteiger partial charge in [0.05, 0.1) is 5.75 Å². The van der Waals surface area contributed by atoms with Gasteiger partial charge in [0.25, 0.3) is 0 Å². The number of benzene rings is 1. The number of hydrogen-bond acceptors (Lipinski definition) is 5. The van der Waals surface area contributed by atoms with E-state index in [1.165, 1.54) is 12.1 Å². The molecule has 0 aliphatic carbocycles. The molecule has 1 N–H and O–H groups in total. The number of rotatable bonds is 5. The van der Waals surface area contributed by atoms with Gasteiger partial charge in [0.2, 0.25) is 0 Å². The maximum absolute atomic E-state index is 12.8. The molecule has 0 unspecified atom stereocenters. The molecule has 5 nitrogen and oxygen atoms in total. The number of hydrogen-bond donors (Lipinski definition) is 1. The Morgan fingerprint density at radius 1 is 1.26 bits per heavy atom. The molecule has 0 saturated carbocycles. The van der Waals surface area contributed by atoms with E-state index in [9.17, 15) is 17.2 Å². The minimum atomic E-state index is -3.63. The van der Waals surface area contributed by atoms with Crippen molar-refractivity contribution in [3.63, 3.8) is 0 Å². The number of halogens is 2. The quantitative estimate of drug-likeness (QED) is 0.839. The van der Waals surface area contributed by atoms with Gasteiger partial charge in [-0.3, -0.25) is 0 Å². The van der Waals surface area contributed by atoms with Crippen LogP contribution < -0.4 is 14.8 Å². The summed E-state index contributed by atoms with van der Waals surface area (Å²) in [5, 5.41) is 2.93. The van der Waals surface area contributed by atoms with Crippen molar-refractivity contribution in [3.05, 3.63) is 18.2 Å². The van der Waals surface area contributed by atoms with E-state index in [4.69, 9.17) is 0 Å². The predicted molar refractivity (Wildman–Crippen MR) is 65.5 cm³/mol. The van der Waals surface area contributed by atoms with E-state index in [0.717, 1.165) is 6.26 Å². The first kappa shape index (κ1) is 13.9. The van der Waals surface area contributed by atoms with E-state index in [0.29, 0.717) is 18.7 Å². The van der Waals surface area contributed by atoms with Crippen LogP contribution in [0.4, 0.5) is 14.5 Å². The molecule has 0 amide bonds. The fourth-order valence-corrected chi connectivity index (χ4v) is 2.29. The Labute approximate surface area is 109 Å². The van der Waals surface area contributed by atoms with Crippen LogP contribution in [0.15, 0.2) is 18.2 Å². The van der Waals surface area contributed by atoms with Crippen LogP contribution in [-0.2, 0) is 9.84 Å². The molecule has 2 rings (SSSR count). The molecule has 0 aromatic heterocycles. The Kier molecular flexibility index (Phi) is 3.53. The minimum Gasteiger partial charge on any atom is -0.395 e. The smallest absolute Gasteiger partial charge is 0.395 e. The minimum absolute atomic E-state index is 0.0216. The molecule has 0 bridgehead atoms. The highest BCUT2D eigenvalue weighted by molar-refractivity contribution is 7.90. The first-order valence-corrected chi connectivity index (χ1v) is 7.63. The van der Waals surface area contributed by atoms with Crippen LogP contribution in [-0.4, -0.2) is 33.3 Å². The molecule has 1 aromatic rings. The molecule has 106 valence electrons. The Balaban J connectivity index is 1.90. The van der Waals surface area contributed by atoms with Crippen molar-refractivity contribution < 1.29 is 26.7 Å². The number of ether oxygens (including phenoxy) is 2. The van der Waals surface area contributed by atoms with Crippen molar-refractivity contribution >= 4 is 15.5 Å². The number of nitrogens with one attached hydrogen (secondary N) is 1. The molecular formula is C11H13F2NO4S. The highest BCUT2D eigenvalue weighted by atomic mass is 32.2. The van der Waals surface area contributed by atoms with Crippen LogP contribution in [0.1, 0.15) is 6.42 Å². The molecule has 0 radical (unpaired) electrons. The molecule has 8 heteroatoms. The Bertz CT molecular complexity index is 574. The van der Waals surface area contributed by atoms with E-state index in [1.54, 1.807) is 6.07 Å². The Morgan fingerprint density at radius 2 is 1.95 bits per heavy atom. The van der Waals surface area contributed by atoms with Gasteiger partial charge in [-0.2, -0.15) is 0 Å². The number of fused-ring (bicyclic) bond motifs is 1. The second kappa shape index (κ2) is 4.84. The normalized spacial score (nSPS) is 16.4. The first-order valence-electron chi connectivity index (χ1n) is 5.57. The molecule has 0 atom stereocenters. The average Bonchev–Trinajstić information content (AvgIpc) is 2.56. The fraction of sp³-hybridized carbons (Fsp3) is 0.455. The summed E-state index contributed by atoms with van der Waals surface area (Å²) >= 11 is 0. The topological polar surface area (TPSA) is 64.6 Å². The van der Waals surface area contributed by atoms with E-state index in [-0.39, 0.29) is 17.3 Å². The van der Waals surface area contributed by atoms with Crippen molar-refractivity contribution in [3.8, 4) is 11.5 Å². The number of alkyl halides is 2. The zero-order valence-electron chi connectivity index (χ0n) is 10.2. The molecule has 0 saturated heterocycles. The summed E-state index contributed by atoms with van der Waals surface area (Å²) in [6, 6.07) is 4.32. The standard InChI is InChI=1S/C11H13F2NO4S/c1-19(15,16)6-2-5-14-8-3-4-9-10(7-8)18-11(12,13)17-9/h3-4,7,14H,2,5-6H2,1H3. The fourth-order valence-electron chi connectivity index (χ4n) is 1.63. The maximum Gasteiger partial charge on any atom is 0.586 e. The van der Waals surface area contributed by atoms with Crippen molar-refractivity contribution in [1.29, 1.82) is 0 Å². The van der Waals surface area contributed by atoms with E-state index in [2.05, 4.69) is 14.8 Å². The molecule has 1 aliphatic rings. The van der Waals surface area contributed by atoms with Gasteiger partial charge < -0.3 is 14.8 Å². The van der Waals surface area contributed by atoms with Gasteiger partial charge in [0.1, 0.15) is 9.84 Å². The third kappa shape index (κ3) is 3.95. The highest BCUT2D eigenvalue weighted by Crippen LogP contribution is 2.42. The van der Waals surface area contributed by atoms with Crippen LogP contribution >= 0.6 is 0 Å². The monoisotopic (exact) mass is 293 g/mol. The van der Waals surface area contributed by atoms with Crippen molar-refractivity contribution in [2.24, 2.45) is 0 Å². The van der Waals surface area contributed by atoms with Gasteiger partial charge in [-0.1, -0.05) is 0 Å². The molecule has 19 heavy (non-hydrogen) atoms. The lowest BCUT2D eigenvalue weighted by atomic mass is 10.2. The Hall–Kier alpha value is -1.57. The summed E-state index contributed by atoms with van der Waals surface area (Å²) in [6.45, 7) is 0.420. The van der Waals surface area contributed by atoms with Crippen molar-refractivity contribution in [2.75, 3.05) is 23.9 Å². The summed E-state index contributed by atoms with van der Waals surface area (Å²) < 4.78 is 56.0. The van der Waals surface area contributed by atoms with Crippen LogP contribution in [0.5, 0.6) is 11.5 Å². The molecule has 0 spiro atoms. The van der Waals surface area contributed by atoms with Crippen molar-refractivity contribution in [2.45, 2.75) is 12.7 Å². The number of sulfone groups is 1. The van der Waals surface area contributed by atoms with Gasteiger partial charge >= 0.3 is 6.29 Å². The third-order valence-electron chi connectivity index (χ3n) is 2.42. The molecule has 1 heterocycles. The second-order valence-corrected chi connectivity index (χ2v) is 6.50. The van der Waals surface area contributed by atoms with Gasteiger partial charge in [0.15, 0.2) is 11.5 Å². The predicted octanol–water partition coefficient (Wildman–Crippen LogP) is 1.85. The summed E-state index contributed by atoms with van der Waals surface area (Å²) in [4.78, 5) is 0. The lowest BCUT2D eigenvalue weighted by Gasteiger charge is -2.06. The van der Waals surface area contributed by atoms with Gasteiger partial charge in [0, 0.05) is 24.6 Å². The molecule has 0 fully saturated rings. The van der Waals surface area contributed by atoms with E-state index < -0.39 is 16.1 Å². The number of anilines is 1. The summed E-state index contributed by atoms with van der Waals surface area (Å²) in [5.74, 6) is 0.00705. The largest absolute Gasteiger partial charge is 0.586 e. The average molecular weight is 293 g/mol. The highest BCUT2D eigenvalue weighted by Gasteiger charge is 2.43. The van der Waals surface area contributed by atoms with Crippen LogP contribution in [0.2, 0.25) is 0 Å². The first-order chi connectivity index (χ1) is 8.75. The van der Waals surface area contributed by atoms with Crippen LogP contribution in [0.25, 0.3) is 0 Å². The maximum atomic E-state index is 12.8. The summed E-state index contributed by atoms with van der Waals surface area (Å²) in [7, 11) is -2.99. The van der Waals surface area contributed by atoms with E-state index in [1.807, 2.05) is 0 Å². The Morgan fingerprint density at radius 3 is 2.63 bits per heavy atom. The molecule has 1 aromatic carbocycles. The lowest BCUT2D eigenvalue weighted by molar-refractivity contribution is -0.286. The van der Waals surface area contributed by atoms with E-state index >= 15 is 0 Å². The second-order valence-electron chi connectivity index (χ2n) is 4.24. The van der Waals surface area contributed by atoms with Crippen LogP contribution in [0, 0.1) is 0 Å². The van der Waals surface area contributed by atoms with Gasteiger partial charge in [-0.05, 0) is 18.6 Å². The van der Waals surface area contributed by atoms with Crippen molar-refractivity contribution in [1.82, 2.24) is 0 Å². The SMILES string of the molecule is CS(=O)(=O)CCCNc1ccc2c(c1)OC(F)(F)O2. The van der Waals surface area contributed by atoms with Crippen LogP contribution in [0.3, 0.4) is 0 Å². The zero-order valence-corrected chi connectivity index (χ0v) is 11.0. The summed E-state index contributed by atoms with van der Waals surface area (Å²) in [5.41, 5.74) is 0.563. The third-order valence-corrected chi connectivity index (χ3v) is 3.45. The lowest BCUT2D eigenvalue weighted by Crippen LogP contribution is -2.25. The zero-order chi connectivity index (χ0) is 14.1.